The van der Waals surface area contributed by atoms with Crippen LogP contribution >= 0.6 is 11.6 Å². The normalized spacial score (nSPS) is 28.0. The van der Waals surface area contributed by atoms with Gasteiger partial charge in [-0.15, -0.1) is 0 Å². The van der Waals surface area contributed by atoms with Gasteiger partial charge in [0.05, 0.1) is 12.0 Å². The average molecular weight is 457 g/mol. The number of halogens is 1. The molecule has 4 saturated carbocycles. The quantitative estimate of drug-likeness (QED) is 0.404. The Bertz CT molecular complexity index is 966. The molecule has 0 unspecified atom stereocenters. The molecule has 6 nitrogen and oxygen atoms in total. The van der Waals surface area contributed by atoms with Crippen molar-refractivity contribution in [1.82, 2.24) is 5.32 Å². The summed E-state index contributed by atoms with van der Waals surface area (Å²) >= 11 is 6.61. The zero-order chi connectivity index (χ0) is 22.2. The number of hydrogen-bond donors (Lipinski definition) is 1. The van der Waals surface area contributed by atoms with Crippen LogP contribution in [0.25, 0.3) is 0 Å². The first kappa shape index (κ1) is 21.5. The van der Waals surface area contributed by atoms with Crippen LogP contribution in [-0.4, -0.2) is 18.1 Å². The van der Waals surface area contributed by atoms with Crippen LogP contribution in [0.1, 0.15) is 43.2 Å². The van der Waals surface area contributed by atoms with Gasteiger partial charge in [0.15, 0.2) is 11.5 Å². The van der Waals surface area contributed by atoms with Gasteiger partial charge >= 0.3 is 0 Å². The molecule has 170 valence electrons. The van der Waals surface area contributed by atoms with Crippen LogP contribution in [0.4, 0.5) is 5.69 Å². The third kappa shape index (κ3) is 4.30. The summed E-state index contributed by atoms with van der Waals surface area (Å²) in [7, 11) is 1.62. The number of benzene rings is 2. The lowest BCUT2D eigenvalue weighted by Gasteiger charge is -2.54. The van der Waals surface area contributed by atoms with E-state index < -0.39 is 4.92 Å². The highest BCUT2D eigenvalue weighted by Crippen LogP contribution is 2.53. The second-order valence-corrected chi connectivity index (χ2v) is 10.1. The van der Waals surface area contributed by atoms with E-state index in [1.807, 2.05) is 6.07 Å². The summed E-state index contributed by atoms with van der Waals surface area (Å²) < 4.78 is 11.5. The van der Waals surface area contributed by atoms with Crippen molar-refractivity contribution in [3.05, 3.63) is 62.7 Å². The van der Waals surface area contributed by atoms with Crippen LogP contribution in [0, 0.1) is 33.8 Å². The van der Waals surface area contributed by atoms with E-state index >= 15 is 0 Å². The predicted octanol–water partition coefficient (Wildman–Crippen LogP) is 5.75. The maximum Gasteiger partial charge on any atom is 0.269 e. The smallest absolute Gasteiger partial charge is 0.269 e. The van der Waals surface area contributed by atoms with Gasteiger partial charge in [-0.05, 0) is 85.1 Å². The molecule has 4 bridgehead atoms. The SMILES string of the molecule is COc1cc(CNC2C3CC4CC(C3)CC2C4)c(Cl)cc1OCc1ccc([N+](=O)[O-])cc1. The van der Waals surface area contributed by atoms with Gasteiger partial charge in [-0.25, -0.2) is 0 Å². The second-order valence-electron chi connectivity index (χ2n) is 9.64. The van der Waals surface area contributed by atoms with E-state index in [1.54, 1.807) is 25.3 Å². The number of nitrogens with one attached hydrogen (secondary N) is 1. The van der Waals surface area contributed by atoms with E-state index in [0.717, 1.165) is 41.3 Å². The molecule has 1 N–H and O–H groups in total. The van der Waals surface area contributed by atoms with Crippen molar-refractivity contribution in [1.29, 1.82) is 0 Å². The fourth-order valence-electron chi connectivity index (χ4n) is 6.35. The van der Waals surface area contributed by atoms with Gasteiger partial charge in [0.25, 0.3) is 5.69 Å². The predicted molar refractivity (Wildman–Crippen MR) is 123 cm³/mol. The molecule has 0 saturated heterocycles. The molecular formula is C25H29ClN2O4. The Hall–Kier alpha value is -2.31. The minimum absolute atomic E-state index is 0.0605. The van der Waals surface area contributed by atoms with Gasteiger partial charge in [-0.2, -0.15) is 0 Å². The van der Waals surface area contributed by atoms with Crippen LogP contribution in [0.15, 0.2) is 36.4 Å². The minimum atomic E-state index is -0.413. The number of methoxy groups -OCH3 is 1. The van der Waals surface area contributed by atoms with Crippen molar-refractivity contribution >= 4 is 17.3 Å². The number of nitrogens with zero attached hydrogens (tertiary/aromatic N) is 1. The Morgan fingerprint density at radius 2 is 1.69 bits per heavy atom. The molecule has 2 aromatic carbocycles. The number of ether oxygens (including phenoxy) is 2. The molecule has 4 aliphatic carbocycles. The molecule has 4 aliphatic rings. The molecule has 0 spiro atoms. The van der Waals surface area contributed by atoms with Gasteiger partial charge in [-0.1, -0.05) is 11.6 Å². The Morgan fingerprint density at radius 1 is 1.03 bits per heavy atom. The lowest BCUT2D eigenvalue weighted by atomic mass is 9.54. The zero-order valence-electron chi connectivity index (χ0n) is 18.3. The van der Waals surface area contributed by atoms with Crippen LogP contribution in [0.5, 0.6) is 11.5 Å². The summed E-state index contributed by atoms with van der Waals surface area (Å²) in [4.78, 5) is 10.4. The molecule has 2 aromatic rings. The molecule has 7 heteroatoms. The number of hydrogen-bond acceptors (Lipinski definition) is 5. The van der Waals surface area contributed by atoms with Crippen molar-refractivity contribution in [2.24, 2.45) is 23.7 Å². The lowest BCUT2D eigenvalue weighted by Crippen LogP contribution is -2.54. The minimum Gasteiger partial charge on any atom is -0.493 e. The number of rotatable bonds is 8. The zero-order valence-corrected chi connectivity index (χ0v) is 19.0. The highest BCUT2D eigenvalue weighted by Gasteiger charge is 2.47. The van der Waals surface area contributed by atoms with Crippen LogP contribution in [0.2, 0.25) is 5.02 Å². The van der Waals surface area contributed by atoms with Gasteiger partial charge in [0.2, 0.25) is 0 Å². The standard InChI is InChI=1S/C25H29ClN2O4/c1-31-23-11-20(13-27-25-18-7-16-6-17(9-18)10-19(25)8-16)22(26)12-24(23)32-14-15-2-4-21(5-3-15)28(29)30/h2-5,11-12,16-19,25,27H,6-10,13-14H2,1H3. The molecule has 0 atom stereocenters. The van der Waals surface area contributed by atoms with Gasteiger partial charge < -0.3 is 14.8 Å². The molecule has 32 heavy (non-hydrogen) atoms. The van der Waals surface area contributed by atoms with Crippen molar-refractivity contribution < 1.29 is 14.4 Å². The third-order valence-electron chi connectivity index (χ3n) is 7.63. The van der Waals surface area contributed by atoms with Crippen molar-refractivity contribution in [2.75, 3.05) is 7.11 Å². The van der Waals surface area contributed by atoms with E-state index in [2.05, 4.69) is 5.32 Å². The summed E-state index contributed by atoms with van der Waals surface area (Å²) in [5.74, 6) is 4.76. The Balaban J connectivity index is 1.23. The summed E-state index contributed by atoms with van der Waals surface area (Å²) in [6.45, 7) is 1.00. The van der Waals surface area contributed by atoms with Gasteiger partial charge in [0.1, 0.15) is 6.61 Å². The highest BCUT2D eigenvalue weighted by molar-refractivity contribution is 6.31. The molecule has 0 radical (unpaired) electrons. The Kier molecular flexibility index (Phi) is 5.99. The number of non-ortho nitro benzene ring substituents is 1. The first-order valence-corrected chi connectivity index (χ1v) is 11.8. The Morgan fingerprint density at radius 3 is 2.28 bits per heavy atom. The molecule has 0 amide bonds. The molecule has 0 heterocycles. The first-order chi connectivity index (χ1) is 15.5. The molecule has 4 fully saturated rings. The van der Waals surface area contributed by atoms with Crippen molar-refractivity contribution in [2.45, 2.75) is 51.3 Å². The summed E-state index contributed by atoms with van der Waals surface area (Å²) in [5, 5.41) is 15.3. The number of nitro benzene ring substituents is 1. The molecular weight excluding hydrogens is 428 g/mol. The van der Waals surface area contributed by atoms with E-state index in [0.29, 0.717) is 22.6 Å². The van der Waals surface area contributed by atoms with Crippen molar-refractivity contribution in [3.8, 4) is 11.5 Å². The largest absolute Gasteiger partial charge is 0.493 e. The maximum absolute atomic E-state index is 10.8. The van der Waals surface area contributed by atoms with E-state index in [9.17, 15) is 10.1 Å². The van der Waals surface area contributed by atoms with E-state index in [-0.39, 0.29) is 12.3 Å². The fraction of sp³-hybridized carbons (Fsp3) is 0.520. The first-order valence-electron chi connectivity index (χ1n) is 11.5. The van der Waals surface area contributed by atoms with E-state index in [1.165, 1.54) is 44.2 Å². The number of nitro groups is 1. The van der Waals surface area contributed by atoms with Gasteiger partial charge in [-0.3, -0.25) is 10.1 Å². The average Bonchev–Trinajstić information content (AvgIpc) is 2.78. The van der Waals surface area contributed by atoms with Crippen molar-refractivity contribution in [3.63, 3.8) is 0 Å². The molecule has 0 aromatic heterocycles. The monoisotopic (exact) mass is 456 g/mol. The molecule has 0 aliphatic heterocycles. The summed E-state index contributed by atoms with van der Waals surface area (Å²) in [5.41, 5.74) is 1.91. The maximum atomic E-state index is 10.8. The summed E-state index contributed by atoms with van der Waals surface area (Å²) in [6, 6.07) is 10.7. The lowest BCUT2D eigenvalue weighted by molar-refractivity contribution is -0.384. The highest BCUT2D eigenvalue weighted by atomic mass is 35.5. The topological polar surface area (TPSA) is 73.6 Å². The Labute approximate surface area is 193 Å². The second kappa shape index (κ2) is 8.91. The third-order valence-corrected chi connectivity index (χ3v) is 7.98. The fourth-order valence-corrected chi connectivity index (χ4v) is 6.57. The van der Waals surface area contributed by atoms with Gasteiger partial charge in [0, 0.05) is 35.8 Å². The molecule has 6 rings (SSSR count). The summed E-state index contributed by atoms with van der Waals surface area (Å²) in [6.07, 6.45) is 7.01. The van der Waals surface area contributed by atoms with Crippen LogP contribution in [-0.2, 0) is 13.2 Å². The van der Waals surface area contributed by atoms with Crippen LogP contribution < -0.4 is 14.8 Å². The van der Waals surface area contributed by atoms with Crippen LogP contribution in [0.3, 0.4) is 0 Å². The van der Waals surface area contributed by atoms with E-state index in [4.69, 9.17) is 21.1 Å².